The van der Waals surface area contributed by atoms with E-state index in [0.29, 0.717) is 11.4 Å². The molecule has 7 heteroatoms. The Morgan fingerprint density at radius 2 is 2.15 bits per heavy atom. The van der Waals surface area contributed by atoms with Crippen molar-refractivity contribution in [1.82, 2.24) is 10.0 Å². The first-order chi connectivity index (χ1) is 9.42. The van der Waals surface area contributed by atoms with Gasteiger partial charge in [0.15, 0.2) is 0 Å². The Balaban J connectivity index is 2.06. The summed E-state index contributed by atoms with van der Waals surface area (Å²) in [6.45, 7) is 6.06. The maximum Gasteiger partial charge on any atom is 0.241 e. The fraction of sp³-hybridized carbons (Fsp3) is 0.692. The molecular weight excluding hydrogens is 312 g/mol. The Bertz CT molecular complexity index is 562. The van der Waals surface area contributed by atoms with Gasteiger partial charge in [-0.25, -0.2) is 13.1 Å². The van der Waals surface area contributed by atoms with Crippen molar-refractivity contribution >= 4 is 33.1 Å². The average Bonchev–Trinajstić information content (AvgIpc) is 3.11. The average molecular weight is 335 g/mol. The van der Waals surface area contributed by atoms with Crippen molar-refractivity contribution in [2.24, 2.45) is 0 Å². The van der Waals surface area contributed by atoms with E-state index in [2.05, 4.69) is 10.0 Å². The van der Waals surface area contributed by atoms with Gasteiger partial charge in [0, 0.05) is 27.6 Å². The third kappa shape index (κ3) is 3.76. The second-order valence-electron chi connectivity index (χ2n) is 5.13. The van der Waals surface area contributed by atoms with Crippen molar-refractivity contribution in [2.45, 2.75) is 42.9 Å². The molecule has 0 saturated heterocycles. The first-order valence-electron chi connectivity index (χ1n) is 6.77. The largest absolute Gasteiger partial charge is 0.312 e. The Labute approximate surface area is 129 Å². The lowest BCUT2D eigenvalue weighted by atomic mass is 10.4. The summed E-state index contributed by atoms with van der Waals surface area (Å²) in [6, 6.07) is 1.80. The van der Waals surface area contributed by atoms with Crippen molar-refractivity contribution < 1.29 is 8.42 Å². The van der Waals surface area contributed by atoms with Crippen LogP contribution in [-0.4, -0.2) is 32.5 Å². The van der Waals surface area contributed by atoms with Crippen molar-refractivity contribution in [1.29, 1.82) is 0 Å². The lowest BCUT2D eigenvalue weighted by Crippen LogP contribution is -2.31. The molecule has 114 valence electrons. The van der Waals surface area contributed by atoms with E-state index in [4.69, 9.17) is 0 Å². The Kier molecular flexibility index (Phi) is 5.18. The third-order valence-corrected chi connectivity index (χ3v) is 7.71. The van der Waals surface area contributed by atoms with Gasteiger partial charge < -0.3 is 5.32 Å². The van der Waals surface area contributed by atoms with Crippen LogP contribution in [-0.2, 0) is 16.6 Å². The molecule has 0 unspecified atom stereocenters. The van der Waals surface area contributed by atoms with Gasteiger partial charge in [0.25, 0.3) is 0 Å². The van der Waals surface area contributed by atoms with Crippen molar-refractivity contribution in [3.8, 4) is 0 Å². The number of nitrogens with one attached hydrogen (secondary N) is 2. The Morgan fingerprint density at radius 1 is 1.45 bits per heavy atom. The van der Waals surface area contributed by atoms with Crippen LogP contribution >= 0.6 is 23.1 Å². The Morgan fingerprint density at radius 3 is 2.70 bits per heavy atom. The molecule has 1 aromatic heterocycles. The monoisotopic (exact) mass is 334 g/mol. The van der Waals surface area contributed by atoms with Gasteiger partial charge in [0.2, 0.25) is 10.0 Å². The molecule has 0 radical (unpaired) electrons. The van der Waals surface area contributed by atoms with Crippen LogP contribution in [0.1, 0.15) is 29.5 Å². The van der Waals surface area contributed by atoms with E-state index in [1.165, 1.54) is 0 Å². The minimum atomic E-state index is -3.38. The molecule has 0 aromatic carbocycles. The van der Waals surface area contributed by atoms with Crippen molar-refractivity contribution in [3.05, 3.63) is 15.8 Å². The maximum atomic E-state index is 12.4. The lowest BCUT2D eigenvalue weighted by molar-refractivity contribution is 0.579. The molecule has 1 saturated carbocycles. The van der Waals surface area contributed by atoms with Gasteiger partial charge >= 0.3 is 0 Å². The second kappa shape index (κ2) is 6.36. The highest BCUT2D eigenvalue weighted by atomic mass is 32.2. The van der Waals surface area contributed by atoms with Crippen LogP contribution in [0.4, 0.5) is 0 Å². The van der Waals surface area contributed by atoms with E-state index in [1.807, 2.05) is 20.1 Å². The molecular formula is C13H22N2O2S3. The van der Waals surface area contributed by atoms with Crippen LogP contribution < -0.4 is 10.0 Å². The molecule has 0 atom stereocenters. The van der Waals surface area contributed by atoms with E-state index in [9.17, 15) is 8.42 Å². The van der Waals surface area contributed by atoms with Crippen LogP contribution in [0.5, 0.6) is 0 Å². The van der Waals surface area contributed by atoms with Gasteiger partial charge in [-0.05, 0) is 38.6 Å². The summed E-state index contributed by atoms with van der Waals surface area (Å²) in [5, 5.41) is 3.22. The SMILES string of the molecule is CCNCc1cc(S(=O)(=O)NCC2(SC)CC2)c(C)s1. The summed E-state index contributed by atoms with van der Waals surface area (Å²) < 4.78 is 27.7. The summed E-state index contributed by atoms with van der Waals surface area (Å²) in [7, 11) is -3.38. The van der Waals surface area contributed by atoms with Crippen LogP contribution in [0, 0.1) is 6.92 Å². The van der Waals surface area contributed by atoms with Crippen molar-refractivity contribution in [2.75, 3.05) is 19.3 Å². The van der Waals surface area contributed by atoms with Crippen LogP contribution in [0.3, 0.4) is 0 Å². The molecule has 0 amide bonds. The van der Waals surface area contributed by atoms with Gasteiger partial charge in [-0.2, -0.15) is 11.8 Å². The zero-order valence-electron chi connectivity index (χ0n) is 12.2. The van der Waals surface area contributed by atoms with E-state index >= 15 is 0 Å². The number of rotatable bonds is 8. The second-order valence-corrected chi connectivity index (χ2v) is 9.48. The highest BCUT2D eigenvalue weighted by molar-refractivity contribution is 8.00. The summed E-state index contributed by atoms with van der Waals surface area (Å²) in [5.74, 6) is 0. The van der Waals surface area contributed by atoms with Crippen molar-refractivity contribution in [3.63, 3.8) is 0 Å². The number of sulfonamides is 1. The molecule has 2 rings (SSSR count). The molecule has 4 nitrogen and oxygen atoms in total. The van der Waals surface area contributed by atoms with Gasteiger partial charge in [0.1, 0.15) is 0 Å². The lowest BCUT2D eigenvalue weighted by Gasteiger charge is -2.13. The first kappa shape index (κ1) is 16.3. The first-order valence-corrected chi connectivity index (χ1v) is 10.3. The zero-order chi connectivity index (χ0) is 14.8. The predicted octanol–water partition coefficient (Wildman–Crippen LogP) is 2.34. The Hall–Kier alpha value is -0.0800. The van der Waals surface area contributed by atoms with E-state index in [1.54, 1.807) is 29.2 Å². The highest BCUT2D eigenvalue weighted by Gasteiger charge is 2.42. The third-order valence-electron chi connectivity index (χ3n) is 3.59. The topological polar surface area (TPSA) is 58.2 Å². The quantitative estimate of drug-likeness (QED) is 0.766. The fourth-order valence-corrected chi connectivity index (χ4v) is 5.57. The predicted molar refractivity (Wildman–Crippen MR) is 87.1 cm³/mol. The molecule has 1 heterocycles. The number of aryl methyl sites for hydroxylation is 1. The molecule has 1 fully saturated rings. The molecule has 0 spiro atoms. The van der Waals surface area contributed by atoms with Crippen LogP contribution in [0.2, 0.25) is 0 Å². The normalized spacial score (nSPS) is 17.4. The van der Waals surface area contributed by atoms with Gasteiger partial charge in [-0.1, -0.05) is 6.92 Å². The standard InChI is InChI=1S/C13H22N2O2S3/c1-4-14-8-11-7-12(10(2)19-11)20(16,17)15-9-13(18-3)5-6-13/h7,14-15H,4-6,8-9H2,1-3H3. The smallest absolute Gasteiger partial charge is 0.241 e. The zero-order valence-corrected chi connectivity index (χ0v) is 14.6. The molecule has 1 aliphatic carbocycles. The minimum absolute atomic E-state index is 0.142. The number of thioether (sulfide) groups is 1. The van der Waals surface area contributed by atoms with E-state index in [-0.39, 0.29) is 4.75 Å². The molecule has 1 aliphatic rings. The molecule has 0 bridgehead atoms. The van der Waals surface area contributed by atoms with Crippen LogP contribution in [0.25, 0.3) is 0 Å². The highest BCUT2D eigenvalue weighted by Crippen LogP contribution is 2.46. The summed E-state index contributed by atoms with van der Waals surface area (Å²) in [4.78, 5) is 2.36. The maximum absolute atomic E-state index is 12.4. The van der Waals surface area contributed by atoms with Gasteiger partial charge in [-0.15, -0.1) is 11.3 Å². The molecule has 0 aliphatic heterocycles. The van der Waals surface area contributed by atoms with Crippen LogP contribution in [0.15, 0.2) is 11.0 Å². The van der Waals surface area contributed by atoms with Gasteiger partial charge in [0.05, 0.1) is 4.90 Å². The summed E-state index contributed by atoms with van der Waals surface area (Å²) in [5.41, 5.74) is 0. The fourth-order valence-electron chi connectivity index (χ4n) is 2.02. The minimum Gasteiger partial charge on any atom is -0.312 e. The summed E-state index contributed by atoms with van der Waals surface area (Å²) in [6.07, 6.45) is 4.25. The van der Waals surface area contributed by atoms with E-state index < -0.39 is 10.0 Å². The number of hydrogen-bond acceptors (Lipinski definition) is 5. The summed E-state index contributed by atoms with van der Waals surface area (Å²) >= 11 is 3.31. The number of hydrogen-bond donors (Lipinski definition) is 2. The van der Waals surface area contributed by atoms with Gasteiger partial charge in [-0.3, -0.25) is 0 Å². The molecule has 20 heavy (non-hydrogen) atoms. The molecule has 2 N–H and O–H groups in total. The molecule has 1 aromatic rings. The van der Waals surface area contributed by atoms with E-state index in [0.717, 1.165) is 35.7 Å². The number of thiophene rings is 1.